The summed E-state index contributed by atoms with van der Waals surface area (Å²) in [4.78, 5) is 14.7. The Hall–Kier alpha value is -2.11. The van der Waals surface area contributed by atoms with E-state index in [9.17, 15) is 10.1 Å². The van der Waals surface area contributed by atoms with Gasteiger partial charge in [-0.15, -0.1) is 0 Å². The summed E-state index contributed by atoms with van der Waals surface area (Å²) in [6, 6.07) is 5.12. The fraction of sp³-hybridized carbons (Fsp3) is 0.364. The van der Waals surface area contributed by atoms with E-state index in [0.717, 1.165) is 0 Å². The number of rotatable bonds is 2. The van der Waals surface area contributed by atoms with E-state index in [2.05, 4.69) is 10.3 Å². The van der Waals surface area contributed by atoms with Crippen LogP contribution in [0.5, 0.6) is 0 Å². The van der Waals surface area contributed by atoms with E-state index >= 15 is 0 Å². The molecule has 0 fully saturated rings. The van der Waals surface area contributed by atoms with Gasteiger partial charge in [0.15, 0.2) is 0 Å². The zero-order chi connectivity index (χ0) is 12.6. The smallest absolute Gasteiger partial charge is 0.292 e. The molecule has 3 N–H and O–H groups in total. The molecule has 1 aromatic carbocycles. The first kappa shape index (κ1) is 11.4. The highest BCUT2D eigenvalue weighted by Crippen LogP contribution is 2.23. The normalized spacial score (nSPS) is 23.1. The lowest BCUT2D eigenvalue weighted by Crippen LogP contribution is -2.30. The predicted molar refractivity (Wildman–Crippen MR) is 66.1 cm³/mol. The molecular weight excluding hydrogens is 220 g/mol. The van der Waals surface area contributed by atoms with Crippen molar-refractivity contribution in [2.45, 2.75) is 25.9 Å². The summed E-state index contributed by atoms with van der Waals surface area (Å²) in [7, 11) is 0. The van der Waals surface area contributed by atoms with Gasteiger partial charge in [-0.1, -0.05) is 0 Å². The van der Waals surface area contributed by atoms with Crippen LogP contribution in [-0.2, 0) is 0 Å². The fourth-order valence-corrected chi connectivity index (χ4v) is 1.70. The van der Waals surface area contributed by atoms with E-state index in [4.69, 9.17) is 5.73 Å². The molecule has 0 bridgehead atoms. The Balaban J connectivity index is 2.38. The minimum atomic E-state index is -0.485. The zero-order valence-electron chi connectivity index (χ0n) is 9.68. The minimum absolute atomic E-state index is 0.0841. The fourth-order valence-electron chi connectivity index (χ4n) is 1.70. The van der Waals surface area contributed by atoms with Gasteiger partial charge in [0.25, 0.3) is 5.69 Å². The molecule has 1 aromatic rings. The molecule has 1 aliphatic heterocycles. The van der Waals surface area contributed by atoms with Crippen molar-refractivity contribution in [1.82, 2.24) is 5.32 Å². The Kier molecular flexibility index (Phi) is 2.71. The van der Waals surface area contributed by atoms with E-state index in [0.29, 0.717) is 11.4 Å². The van der Waals surface area contributed by atoms with Gasteiger partial charge in [-0.3, -0.25) is 15.1 Å². The van der Waals surface area contributed by atoms with Crippen LogP contribution in [-0.4, -0.2) is 22.8 Å². The van der Waals surface area contributed by atoms with Crippen molar-refractivity contribution in [2.24, 2.45) is 4.99 Å². The van der Waals surface area contributed by atoms with Crippen LogP contribution in [0.25, 0.3) is 0 Å². The topological polar surface area (TPSA) is 93.5 Å². The molecule has 0 aromatic heterocycles. The van der Waals surface area contributed by atoms with Crippen molar-refractivity contribution in [3.8, 4) is 0 Å². The lowest BCUT2D eigenvalue weighted by atomic mass is 10.1. The molecule has 0 saturated heterocycles. The molecule has 1 aliphatic rings. The third-order valence-corrected chi connectivity index (χ3v) is 2.92. The Morgan fingerprint density at radius 2 is 2.18 bits per heavy atom. The highest BCUT2D eigenvalue weighted by Gasteiger charge is 2.23. The maximum Gasteiger partial charge on any atom is 0.292 e. The van der Waals surface area contributed by atoms with Gasteiger partial charge in [-0.05, 0) is 26.0 Å². The number of nitrogens with two attached hydrogens (primary N) is 1. The Morgan fingerprint density at radius 1 is 1.47 bits per heavy atom. The zero-order valence-corrected chi connectivity index (χ0v) is 9.68. The number of aliphatic imine (C=N–C) groups is 1. The van der Waals surface area contributed by atoms with Gasteiger partial charge >= 0.3 is 0 Å². The lowest BCUT2D eigenvalue weighted by molar-refractivity contribution is -0.383. The predicted octanol–water partition coefficient (Wildman–Crippen LogP) is 1.30. The minimum Gasteiger partial charge on any atom is -0.393 e. The third-order valence-electron chi connectivity index (χ3n) is 2.92. The summed E-state index contributed by atoms with van der Waals surface area (Å²) >= 11 is 0. The highest BCUT2D eigenvalue weighted by atomic mass is 16.6. The molecule has 0 spiro atoms. The number of hydrogen-bond acceptors (Lipinski definition) is 5. The molecule has 2 unspecified atom stereocenters. The first-order chi connectivity index (χ1) is 7.99. The number of nitro benzene ring substituents is 1. The summed E-state index contributed by atoms with van der Waals surface area (Å²) in [6.07, 6.45) is 0. The number of benzene rings is 1. The summed E-state index contributed by atoms with van der Waals surface area (Å²) in [5, 5.41) is 14.0. The number of nitrogen functional groups attached to an aromatic ring is 1. The van der Waals surface area contributed by atoms with Gasteiger partial charge < -0.3 is 11.1 Å². The first-order valence-electron chi connectivity index (χ1n) is 5.37. The summed E-state index contributed by atoms with van der Waals surface area (Å²) in [5.41, 5.74) is 6.32. The molecule has 0 amide bonds. The standard InChI is InChI=1S/C11H14N4O2/c1-6-7(2)14-11(13-6)8-3-4-9(12)10(5-8)15(16)17/h3-7H,12H2,1-2H3,(H,13,14). The van der Waals surface area contributed by atoms with E-state index in [-0.39, 0.29) is 23.5 Å². The largest absolute Gasteiger partial charge is 0.393 e. The lowest BCUT2D eigenvalue weighted by Gasteiger charge is -2.08. The van der Waals surface area contributed by atoms with Crippen LogP contribution in [0.15, 0.2) is 23.2 Å². The van der Waals surface area contributed by atoms with Crippen molar-refractivity contribution in [2.75, 3.05) is 5.73 Å². The number of amidine groups is 1. The molecule has 17 heavy (non-hydrogen) atoms. The van der Waals surface area contributed by atoms with Crippen LogP contribution < -0.4 is 11.1 Å². The quantitative estimate of drug-likeness (QED) is 0.458. The molecule has 90 valence electrons. The van der Waals surface area contributed by atoms with Crippen LogP contribution in [0.4, 0.5) is 11.4 Å². The van der Waals surface area contributed by atoms with E-state index in [1.54, 1.807) is 6.07 Å². The molecular formula is C11H14N4O2. The number of nitrogens with zero attached hydrogens (tertiary/aromatic N) is 2. The molecule has 0 radical (unpaired) electrons. The second kappa shape index (κ2) is 4.04. The molecule has 0 aliphatic carbocycles. The van der Waals surface area contributed by atoms with E-state index in [1.165, 1.54) is 12.1 Å². The average molecular weight is 234 g/mol. The molecule has 6 nitrogen and oxygen atoms in total. The first-order valence-corrected chi connectivity index (χ1v) is 5.37. The van der Waals surface area contributed by atoms with Crippen molar-refractivity contribution in [3.05, 3.63) is 33.9 Å². The Bertz CT molecular complexity index is 498. The number of anilines is 1. The van der Waals surface area contributed by atoms with Gasteiger partial charge in [0.05, 0.1) is 11.0 Å². The van der Waals surface area contributed by atoms with Crippen molar-refractivity contribution in [3.63, 3.8) is 0 Å². The average Bonchev–Trinajstić information content (AvgIpc) is 2.59. The molecule has 0 saturated carbocycles. The molecule has 1 heterocycles. The summed E-state index contributed by atoms with van der Waals surface area (Å²) in [6.45, 7) is 4.02. The maximum absolute atomic E-state index is 10.8. The molecule has 2 atom stereocenters. The van der Waals surface area contributed by atoms with Gasteiger partial charge in [-0.25, -0.2) is 0 Å². The summed E-state index contributed by atoms with van der Waals surface area (Å²) < 4.78 is 0. The second-order valence-electron chi connectivity index (χ2n) is 4.18. The van der Waals surface area contributed by atoms with Crippen LogP contribution >= 0.6 is 0 Å². The van der Waals surface area contributed by atoms with Gasteiger partial charge in [-0.2, -0.15) is 0 Å². The monoisotopic (exact) mass is 234 g/mol. The third kappa shape index (κ3) is 2.06. The summed E-state index contributed by atoms with van der Waals surface area (Å²) in [5.74, 6) is 0.688. The van der Waals surface area contributed by atoms with Gasteiger partial charge in [0, 0.05) is 17.7 Å². The SMILES string of the molecule is CC1N=C(c2ccc(N)c([N+](=O)[O-])c2)NC1C. The van der Waals surface area contributed by atoms with Gasteiger partial charge in [0.2, 0.25) is 0 Å². The van der Waals surface area contributed by atoms with Crippen LogP contribution in [0.2, 0.25) is 0 Å². The molecule has 2 rings (SSSR count). The van der Waals surface area contributed by atoms with E-state index < -0.39 is 4.92 Å². The van der Waals surface area contributed by atoms with E-state index in [1.807, 2.05) is 13.8 Å². The highest BCUT2D eigenvalue weighted by molar-refractivity contribution is 6.01. The Labute approximate surface area is 98.7 Å². The number of nitrogens with one attached hydrogen (secondary N) is 1. The van der Waals surface area contributed by atoms with Crippen molar-refractivity contribution >= 4 is 17.2 Å². The molecule has 6 heteroatoms. The maximum atomic E-state index is 10.8. The second-order valence-corrected chi connectivity index (χ2v) is 4.18. The Morgan fingerprint density at radius 3 is 2.71 bits per heavy atom. The van der Waals surface area contributed by atoms with Crippen molar-refractivity contribution < 1.29 is 4.92 Å². The van der Waals surface area contributed by atoms with Crippen LogP contribution in [0.3, 0.4) is 0 Å². The van der Waals surface area contributed by atoms with Crippen LogP contribution in [0.1, 0.15) is 19.4 Å². The number of hydrogen-bond donors (Lipinski definition) is 2. The number of nitro groups is 1. The van der Waals surface area contributed by atoms with Crippen LogP contribution in [0, 0.1) is 10.1 Å². The van der Waals surface area contributed by atoms with Gasteiger partial charge in [0.1, 0.15) is 11.5 Å². The van der Waals surface area contributed by atoms with Crippen molar-refractivity contribution in [1.29, 1.82) is 0 Å².